The number of Topliss-reactive ketones (excluding diaryl/α,β-unsaturated/α-hetero) is 4. The Hall–Kier alpha value is -2.22. The topological polar surface area (TPSA) is 164 Å². The number of phenols is 1. The summed E-state index contributed by atoms with van der Waals surface area (Å²) in [5, 5.41) is 22.9. The summed E-state index contributed by atoms with van der Waals surface area (Å²) in [5.74, 6) is -10.3. The van der Waals surface area contributed by atoms with Gasteiger partial charge in [-0.3, -0.25) is 28.9 Å². The first-order valence-corrected chi connectivity index (χ1v) is 14.5. The van der Waals surface area contributed by atoms with Gasteiger partial charge in [0.1, 0.15) is 5.75 Å². The molecule has 210 valence electrons. The summed E-state index contributed by atoms with van der Waals surface area (Å²) in [6, 6.07) is 0.679. The van der Waals surface area contributed by atoms with E-state index in [1.165, 1.54) is 11.3 Å². The molecule has 0 spiro atoms. The zero-order valence-electron chi connectivity index (χ0n) is 21.9. The van der Waals surface area contributed by atoms with Crippen molar-refractivity contribution < 1.29 is 38.9 Å². The monoisotopic (exact) mass is 652 g/mol. The van der Waals surface area contributed by atoms with E-state index in [2.05, 4.69) is 22.6 Å². The molecule has 11 heteroatoms. The number of ether oxygens (including phenoxy) is 1. The number of fused-ring (bicyclic) bond motifs is 3. The van der Waals surface area contributed by atoms with Gasteiger partial charge in [0.05, 0.1) is 30.2 Å². The number of nitrogens with zero attached hydrogens (tertiary/aromatic N) is 1. The Bertz CT molecular complexity index is 1270. The average molecular weight is 652 g/mol. The third-order valence-electron chi connectivity index (χ3n) is 9.11. The Labute approximate surface area is 239 Å². The van der Waals surface area contributed by atoms with E-state index in [-0.39, 0.29) is 36.9 Å². The molecule has 5 rings (SSSR count). The molecule has 0 aromatic heterocycles. The minimum Gasteiger partial charge on any atom is -0.507 e. The van der Waals surface area contributed by atoms with Crippen molar-refractivity contribution in [3.63, 3.8) is 0 Å². The summed E-state index contributed by atoms with van der Waals surface area (Å²) in [7, 11) is 3.12. The fourth-order valence-electron chi connectivity index (χ4n) is 7.23. The average Bonchev–Trinajstić information content (AvgIpc) is 2.87. The van der Waals surface area contributed by atoms with Crippen molar-refractivity contribution in [1.29, 1.82) is 0 Å². The molecule has 0 bridgehead atoms. The maximum Gasteiger partial charge on any atom is 0.235 e. The molecular weight excluding hydrogens is 619 g/mol. The van der Waals surface area contributed by atoms with Gasteiger partial charge in [-0.15, -0.1) is 0 Å². The van der Waals surface area contributed by atoms with Gasteiger partial charge in [-0.1, -0.05) is 19.3 Å². The summed E-state index contributed by atoms with van der Waals surface area (Å²) in [4.78, 5) is 67.9. The highest BCUT2D eigenvalue weighted by atomic mass is 127. The maximum absolute atomic E-state index is 13.9. The van der Waals surface area contributed by atoms with Crippen molar-refractivity contribution >= 4 is 51.6 Å². The van der Waals surface area contributed by atoms with Crippen LogP contribution in [0, 0.1) is 27.2 Å². The number of carbonyl (C=O) groups is 5. The summed E-state index contributed by atoms with van der Waals surface area (Å²) < 4.78 is 6.78. The van der Waals surface area contributed by atoms with Crippen LogP contribution < -0.4 is 5.73 Å². The zero-order chi connectivity index (χ0) is 28.4. The first-order valence-electron chi connectivity index (χ1n) is 13.4. The van der Waals surface area contributed by atoms with E-state index >= 15 is 0 Å². The van der Waals surface area contributed by atoms with Gasteiger partial charge in [0.2, 0.25) is 5.91 Å². The number of primary amides is 1. The number of halogens is 1. The Morgan fingerprint density at radius 2 is 1.82 bits per heavy atom. The standard InChI is InChI=1S/C28H33IN2O8/c1-31(2)21-16-9-12-8-15-17(29)10-13(11-39-14-6-4-3-5-7-14)22(32)19(15)23(33)18(12)25(35)28(16,38)26(36)20(24(21)34)27(30)37/h10,12,14,16,18,20-21,32,38H,3-9,11H2,1-2H3,(H2,30,37). The molecule has 0 saturated heterocycles. The Morgan fingerprint density at radius 3 is 2.44 bits per heavy atom. The minimum atomic E-state index is -2.72. The number of benzene rings is 1. The molecule has 10 nitrogen and oxygen atoms in total. The third kappa shape index (κ3) is 4.36. The number of rotatable bonds is 5. The van der Waals surface area contributed by atoms with Crippen LogP contribution in [0.2, 0.25) is 0 Å². The molecule has 0 aliphatic heterocycles. The lowest BCUT2D eigenvalue weighted by Gasteiger charge is -2.52. The van der Waals surface area contributed by atoms with Gasteiger partial charge in [-0.25, -0.2) is 0 Å². The number of carbonyl (C=O) groups excluding carboxylic acids is 5. The van der Waals surface area contributed by atoms with Crippen LogP contribution >= 0.6 is 22.6 Å². The molecule has 4 aliphatic carbocycles. The van der Waals surface area contributed by atoms with Crippen LogP contribution in [0.3, 0.4) is 0 Å². The fraction of sp³-hybridized carbons (Fsp3) is 0.607. The van der Waals surface area contributed by atoms with E-state index < -0.39 is 64.4 Å². The van der Waals surface area contributed by atoms with E-state index in [1.54, 1.807) is 20.2 Å². The molecule has 0 radical (unpaired) electrons. The van der Waals surface area contributed by atoms with Crippen LogP contribution in [0.1, 0.15) is 60.0 Å². The molecule has 1 aromatic rings. The van der Waals surface area contributed by atoms with Gasteiger partial charge in [0, 0.05) is 15.1 Å². The summed E-state index contributed by atoms with van der Waals surface area (Å²) in [6.45, 7) is 0.118. The van der Waals surface area contributed by atoms with E-state index in [9.17, 15) is 34.2 Å². The zero-order valence-corrected chi connectivity index (χ0v) is 24.1. The van der Waals surface area contributed by atoms with Crippen LogP contribution in [-0.2, 0) is 36.9 Å². The van der Waals surface area contributed by atoms with E-state index in [0.717, 1.165) is 29.3 Å². The third-order valence-corrected chi connectivity index (χ3v) is 10.1. The summed E-state index contributed by atoms with van der Waals surface area (Å²) in [6.07, 6.45) is 5.60. The summed E-state index contributed by atoms with van der Waals surface area (Å²) >= 11 is 2.11. The smallest absolute Gasteiger partial charge is 0.235 e. The first kappa shape index (κ1) is 28.3. The maximum atomic E-state index is 13.9. The predicted octanol–water partition coefficient (Wildman–Crippen LogP) is 1.32. The fourth-order valence-corrected chi connectivity index (χ4v) is 8.09. The number of aliphatic hydroxyl groups is 1. The second-order valence-electron chi connectivity index (χ2n) is 11.6. The van der Waals surface area contributed by atoms with Gasteiger partial charge in [0.15, 0.2) is 34.7 Å². The molecule has 3 saturated carbocycles. The number of likely N-dealkylation sites (N-methyl/N-ethyl adjacent to an activating group) is 1. The molecule has 4 N–H and O–H groups in total. The first-order chi connectivity index (χ1) is 18.4. The highest BCUT2D eigenvalue weighted by molar-refractivity contribution is 14.1. The largest absolute Gasteiger partial charge is 0.507 e. The molecule has 6 atom stereocenters. The Kier molecular flexibility index (Phi) is 7.49. The predicted molar refractivity (Wildman–Crippen MR) is 146 cm³/mol. The lowest BCUT2D eigenvalue weighted by atomic mass is 9.52. The Morgan fingerprint density at radius 1 is 1.15 bits per heavy atom. The molecule has 1 amide bonds. The summed E-state index contributed by atoms with van der Waals surface area (Å²) in [5.41, 5.74) is 3.69. The van der Waals surface area contributed by atoms with Gasteiger partial charge in [0.25, 0.3) is 0 Å². The van der Waals surface area contributed by atoms with Gasteiger partial charge in [-0.2, -0.15) is 0 Å². The lowest BCUT2D eigenvalue weighted by molar-refractivity contribution is -0.181. The lowest BCUT2D eigenvalue weighted by Crippen LogP contribution is -2.74. The van der Waals surface area contributed by atoms with Crippen molar-refractivity contribution in [2.24, 2.45) is 29.4 Å². The SMILES string of the molecule is CN(C)C1C(=O)C(C(N)=O)C(=O)C2(O)C(=O)C3C(=O)c4c(O)c(COC5CCCCC5)cc(I)c4CC3CC12. The van der Waals surface area contributed by atoms with Crippen molar-refractivity contribution in [3.05, 3.63) is 26.3 Å². The second-order valence-corrected chi connectivity index (χ2v) is 12.7. The van der Waals surface area contributed by atoms with Crippen LogP contribution in [0.4, 0.5) is 0 Å². The van der Waals surface area contributed by atoms with Crippen molar-refractivity contribution in [2.75, 3.05) is 14.1 Å². The van der Waals surface area contributed by atoms with Crippen LogP contribution in [0.15, 0.2) is 6.07 Å². The molecule has 6 unspecified atom stereocenters. The number of phenolic OH excluding ortho intramolecular Hbond substituents is 1. The van der Waals surface area contributed by atoms with E-state index in [1.807, 2.05) is 0 Å². The van der Waals surface area contributed by atoms with Crippen molar-refractivity contribution in [3.8, 4) is 5.75 Å². The normalized spacial score (nSPS) is 33.1. The molecule has 1 aromatic carbocycles. The number of ketones is 4. The number of aromatic hydroxyl groups is 1. The second kappa shape index (κ2) is 10.3. The number of nitrogens with two attached hydrogens (primary N) is 1. The molecule has 39 heavy (non-hydrogen) atoms. The molecule has 3 fully saturated rings. The van der Waals surface area contributed by atoms with Crippen LogP contribution in [0.5, 0.6) is 5.75 Å². The van der Waals surface area contributed by atoms with Crippen molar-refractivity contribution in [1.82, 2.24) is 4.90 Å². The quantitative estimate of drug-likeness (QED) is 0.315. The van der Waals surface area contributed by atoms with Gasteiger partial charge < -0.3 is 20.7 Å². The van der Waals surface area contributed by atoms with Gasteiger partial charge >= 0.3 is 0 Å². The number of hydrogen-bond donors (Lipinski definition) is 3. The van der Waals surface area contributed by atoms with E-state index in [4.69, 9.17) is 10.5 Å². The molecular formula is C28H33IN2O8. The van der Waals surface area contributed by atoms with Crippen LogP contribution in [-0.4, -0.2) is 76.0 Å². The number of hydrogen-bond acceptors (Lipinski definition) is 9. The molecule has 4 aliphatic rings. The number of amides is 1. The Balaban J connectivity index is 1.53. The van der Waals surface area contributed by atoms with Crippen LogP contribution in [0.25, 0.3) is 0 Å². The highest BCUT2D eigenvalue weighted by Gasteiger charge is 2.69. The van der Waals surface area contributed by atoms with E-state index in [0.29, 0.717) is 11.1 Å². The minimum absolute atomic E-state index is 0.00994. The van der Waals surface area contributed by atoms with Gasteiger partial charge in [-0.05, 0) is 79.9 Å². The van der Waals surface area contributed by atoms with Crippen molar-refractivity contribution in [2.45, 2.75) is 69.3 Å². The highest BCUT2D eigenvalue weighted by Crippen LogP contribution is 2.51. The molecule has 0 heterocycles.